The third-order valence-corrected chi connectivity index (χ3v) is 3.94. The Bertz CT molecular complexity index is 384. The molecule has 18 heavy (non-hydrogen) atoms. The van der Waals surface area contributed by atoms with Crippen LogP contribution in [-0.2, 0) is 24.1 Å². The molecule has 5 nitrogen and oxygen atoms in total. The van der Waals surface area contributed by atoms with E-state index in [2.05, 4.69) is 19.7 Å². The molecule has 0 N–H and O–H groups in total. The minimum Gasteiger partial charge on any atom is -0.379 e. The molecule has 0 spiro atoms. The quantitative estimate of drug-likeness (QED) is 0.799. The van der Waals surface area contributed by atoms with Crippen molar-refractivity contribution < 1.29 is 4.74 Å². The first kappa shape index (κ1) is 12.1. The molecule has 1 aromatic heterocycles. The van der Waals surface area contributed by atoms with Gasteiger partial charge in [0.25, 0.3) is 0 Å². The second-order valence-electron chi connectivity index (χ2n) is 5.20. The second-order valence-corrected chi connectivity index (χ2v) is 5.20. The Morgan fingerprint density at radius 3 is 2.78 bits per heavy atom. The lowest BCUT2D eigenvalue weighted by Gasteiger charge is -2.26. The van der Waals surface area contributed by atoms with Gasteiger partial charge in [-0.05, 0) is 12.8 Å². The third kappa shape index (κ3) is 2.72. The molecule has 5 heteroatoms. The summed E-state index contributed by atoms with van der Waals surface area (Å²) < 4.78 is 7.72. The molecule has 0 amide bonds. The van der Waals surface area contributed by atoms with Gasteiger partial charge in [0.05, 0.1) is 13.2 Å². The summed E-state index contributed by atoms with van der Waals surface area (Å²) in [4.78, 5) is 2.46. The maximum absolute atomic E-state index is 5.37. The van der Waals surface area contributed by atoms with Crippen molar-refractivity contribution in [1.82, 2.24) is 19.7 Å². The summed E-state index contributed by atoms with van der Waals surface area (Å²) >= 11 is 0. The summed E-state index contributed by atoms with van der Waals surface area (Å²) in [5, 5.41) is 8.73. The normalized spacial score (nSPS) is 21.6. The smallest absolute Gasteiger partial charge is 0.134 e. The van der Waals surface area contributed by atoms with Crippen molar-refractivity contribution in [2.24, 2.45) is 0 Å². The summed E-state index contributed by atoms with van der Waals surface area (Å²) in [6.07, 6.45) is 5.99. The standard InChI is InChI=1S/C13H22N4O/c1-2-4-12-14-15-13(17(12)6-3-1)5-7-16-8-10-18-11-9-16/h1-11H2. The van der Waals surface area contributed by atoms with E-state index in [4.69, 9.17) is 4.74 Å². The molecule has 2 aliphatic heterocycles. The van der Waals surface area contributed by atoms with Crippen LogP contribution in [0.2, 0.25) is 0 Å². The molecule has 0 aromatic carbocycles. The molecule has 1 aromatic rings. The Morgan fingerprint density at radius 2 is 1.89 bits per heavy atom. The molecule has 0 aliphatic carbocycles. The van der Waals surface area contributed by atoms with Crippen molar-refractivity contribution >= 4 is 0 Å². The number of nitrogens with zero attached hydrogens (tertiary/aromatic N) is 4. The third-order valence-electron chi connectivity index (χ3n) is 3.94. The van der Waals surface area contributed by atoms with E-state index < -0.39 is 0 Å². The Hall–Kier alpha value is -0.940. The molecule has 0 bridgehead atoms. The highest BCUT2D eigenvalue weighted by Crippen LogP contribution is 2.15. The summed E-state index contributed by atoms with van der Waals surface area (Å²) in [7, 11) is 0. The van der Waals surface area contributed by atoms with E-state index >= 15 is 0 Å². The van der Waals surface area contributed by atoms with Gasteiger partial charge in [-0.3, -0.25) is 4.90 Å². The van der Waals surface area contributed by atoms with Crippen LogP contribution in [0.4, 0.5) is 0 Å². The monoisotopic (exact) mass is 250 g/mol. The van der Waals surface area contributed by atoms with Crippen LogP contribution in [0.15, 0.2) is 0 Å². The van der Waals surface area contributed by atoms with Gasteiger partial charge in [-0.15, -0.1) is 10.2 Å². The maximum atomic E-state index is 5.37. The van der Waals surface area contributed by atoms with Gasteiger partial charge < -0.3 is 9.30 Å². The Labute approximate surface area is 108 Å². The van der Waals surface area contributed by atoms with Crippen molar-refractivity contribution in [1.29, 1.82) is 0 Å². The molecule has 0 saturated carbocycles. The minimum absolute atomic E-state index is 0.873. The molecule has 1 saturated heterocycles. The number of hydrogen-bond donors (Lipinski definition) is 0. The largest absolute Gasteiger partial charge is 0.379 e. The van der Waals surface area contributed by atoms with E-state index in [1.165, 1.54) is 30.9 Å². The summed E-state index contributed by atoms with van der Waals surface area (Å²) in [6.45, 7) is 6.06. The summed E-state index contributed by atoms with van der Waals surface area (Å²) in [5.41, 5.74) is 0. The van der Waals surface area contributed by atoms with E-state index in [1.807, 2.05) is 0 Å². The topological polar surface area (TPSA) is 43.2 Å². The Balaban J connectivity index is 1.60. The maximum Gasteiger partial charge on any atom is 0.134 e. The van der Waals surface area contributed by atoms with Crippen molar-refractivity contribution in [3.63, 3.8) is 0 Å². The molecule has 0 unspecified atom stereocenters. The number of aryl methyl sites for hydroxylation is 1. The molecule has 0 atom stereocenters. The number of morpholine rings is 1. The van der Waals surface area contributed by atoms with Crippen LogP contribution < -0.4 is 0 Å². The fourth-order valence-electron chi connectivity index (χ4n) is 2.81. The van der Waals surface area contributed by atoms with Gasteiger partial charge in [-0.1, -0.05) is 6.42 Å². The highest BCUT2D eigenvalue weighted by Gasteiger charge is 2.16. The molecule has 0 radical (unpaired) electrons. The predicted octanol–water partition coefficient (Wildman–Crippen LogP) is 0.879. The van der Waals surface area contributed by atoms with Gasteiger partial charge in [-0.2, -0.15) is 0 Å². The van der Waals surface area contributed by atoms with Crippen molar-refractivity contribution in [2.45, 2.75) is 38.6 Å². The van der Waals surface area contributed by atoms with Crippen LogP contribution in [0.1, 0.15) is 30.9 Å². The van der Waals surface area contributed by atoms with Crippen molar-refractivity contribution in [3.05, 3.63) is 11.6 Å². The van der Waals surface area contributed by atoms with Crippen LogP contribution in [0.25, 0.3) is 0 Å². The van der Waals surface area contributed by atoms with Crippen LogP contribution in [-0.4, -0.2) is 52.5 Å². The van der Waals surface area contributed by atoms with Gasteiger partial charge in [0.15, 0.2) is 0 Å². The molecule has 3 heterocycles. The minimum atomic E-state index is 0.873. The zero-order valence-corrected chi connectivity index (χ0v) is 11.0. The average molecular weight is 250 g/mol. The number of fused-ring (bicyclic) bond motifs is 1. The number of ether oxygens (including phenoxy) is 1. The zero-order valence-electron chi connectivity index (χ0n) is 11.0. The van der Waals surface area contributed by atoms with E-state index in [0.29, 0.717) is 0 Å². The van der Waals surface area contributed by atoms with Crippen LogP contribution in [0, 0.1) is 0 Å². The summed E-state index contributed by atoms with van der Waals surface area (Å²) in [6, 6.07) is 0. The zero-order chi connectivity index (χ0) is 12.2. The molecule has 3 rings (SSSR count). The lowest BCUT2D eigenvalue weighted by Crippen LogP contribution is -2.37. The second kappa shape index (κ2) is 5.80. The Kier molecular flexibility index (Phi) is 3.90. The van der Waals surface area contributed by atoms with E-state index in [9.17, 15) is 0 Å². The SMILES string of the molecule is C1CCc2nnc(CCN3CCOCC3)n2CC1. The number of aromatic nitrogens is 3. The molecular weight excluding hydrogens is 228 g/mol. The first-order valence-electron chi connectivity index (χ1n) is 7.14. The van der Waals surface area contributed by atoms with Gasteiger partial charge in [0.1, 0.15) is 11.6 Å². The van der Waals surface area contributed by atoms with Crippen LogP contribution >= 0.6 is 0 Å². The summed E-state index contributed by atoms with van der Waals surface area (Å²) in [5.74, 6) is 2.38. The fourth-order valence-corrected chi connectivity index (χ4v) is 2.81. The van der Waals surface area contributed by atoms with E-state index in [-0.39, 0.29) is 0 Å². The van der Waals surface area contributed by atoms with E-state index in [1.54, 1.807) is 0 Å². The van der Waals surface area contributed by atoms with Gasteiger partial charge in [0, 0.05) is 39.0 Å². The van der Waals surface area contributed by atoms with Crippen LogP contribution in [0.5, 0.6) is 0 Å². The van der Waals surface area contributed by atoms with Crippen LogP contribution in [0.3, 0.4) is 0 Å². The van der Waals surface area contributed by atoms with Gasteiger partial charge >= 0.3 is 0 Å². The van der Waals surface area contributed by atoms with Crippen molar-refractivity contribution in [2.75, 3.05) is 32.8 Å². The predicted molar refractivity (Wildman–Crippen MR) is 68.5 cm³/mol. The van der Waals surface area contributed by atoms with E-state index in [0.717, 1.165) is 52.2 Å². The lowest BCUT2D eigenvalue weighted by molar-refractivity contribution is 0.0381. The Morgan fingerprint density at radius 1 is 1.00 bits per heavy atom. The molecule has 1 fully saturated rings. The first-order valence-corrected chi connectivity index (χ1v) is 7.14. The average Bonchev–Trinajstić information content (AvgIpc) is 2.65. The number of hydrogen-bond acceptors (Lipinski definition) is 4. The molecule has 100 valence electrons. The highest BCUT2D eigenvalue weighted by atomic mass is 16.5. The molecule has 2 aliphatic rings. The highest BCUT2D eigenvalue weighted by molar-refractivity contribution is 4.98. The van der Waals surface area contributed by atoms with Gasteiger partial charge in [0.2, 0.25) is 0 Å². The van der Waals surface area contributed by atoms with Crippen molar-refractivity contribution in [3.8, 4) is 0 Å². The molecular formula is C13H22N4O. The number of rotatable bonds is 3. The lowest BCUT2D eigenvalue weighted by atomic mass is 10.2. The first-order chi connectivity index (χ1) is 8.93. The fraction of sp³-hybridized carbons (Fsp3) is 0.846. The van der Waals surface area contributed by atoms with Gasteiger partial charge in [-0.25, -0.2) is 0 Å².